The Morgan fingerprint density at radius 1 is 1.17 bits per heavy atom. The molecule has 0 saturated heterocycles. The molecule has 0 saturated carbocycles. The van der Waals surface area contributed by atoms with Gasteiger partial charge in [-0.15, -0.1) is 0 Å². The Morgan fingerprint density at radius 3 is 2.33 bits per heavy atom. The molecule has 0 N–H and O–H groups in total. The third-order valence-corrected chi connectivity index (χ3v) is 3.53. The van der Waals surface area contributed by atoms with Gasteiger partial charge in [-0.2, -0.15) is 5.10 Å². The normalized spacial score (nSPS) is 20.3. The van der Waals surface area contributed by atoms with E-state index >= 15 is 0 Å². The number of hydrazone groups is 1. The second-order valence-electron chi connectivity index (χ2n) is 6.69. The molecule has 3 heteroatoms. The fourth-order valence-corrected chi connectivity index (χ4v) is 2.53. The van der Waals surface area contributed by atoms with Crippen LogP contribution in [0.15, 0.2) is 5.10 Å². The first-order chi connectivity index (χ1) is 8.38. The molecule has 0 amide bonds. The lowest BCUT2D eigenvalue weighted by Gasteiger charge is -2.41. The lowest BCUT2D eigenvalue weighted by atomic mass is 10.0. The summed E-state index contributed by atoms with van der Waals surface area (Å²) in [6.45, 7) is 14.7. The molecule has 1 unspecified atom stereocenters. The van der Waals surface area contributed by atoms with Crippen LogP contribution in [-0.4, -0.2) is 34.5 Å². The van der Waals surface area contributed by atoms with Crippen LogP contribution in [0.1, 0.15) is 67.2 Å². The summed E-state index contributed by atoms with van der Waals surface area (Å²) in [6, 6.07) is 0. The van der Waals surface area contributed by atoms with E-state index in [1.165, 1.54) is 25.7 Å². The topological polar surface area (TPSA) is 18.8 Å². The van der Waals surface area contributed by atoms with Crippen LogP contribution < -0.4 is 0 Å². The highest BCUT2D eigenvalue weighted by atomic mass is 15.6. The Kier molecular flexibility index (Phi) is 5.48. The molecule has 1 aliphatic heterocycles. The molecule has 0 aromatic heterocycles. The van der Waals surface area contributed by atoms with Crippen LogP contribution in [0.3, 0.4) is 0 Å². The maximum atomic E-state index is 4.62. The highest BCUT2D eigenvalue weighted by molar-refractivity contribution is 5.58. The summed E-state index contributed by atoms with van der Waals surface area (Å²) in [4.78, 5) is 2.40. The zero-order valence-electron chi connectivity index (χ0n) is 13.1. The van der Waals surface area contributed by atoms with Gasteiger partial charge in [0.25, 0.3) is 0 Å². The Balaban J connectivity index is 2.56. The minimum atomic E-state index is 0.149. The van der Waals surface area contributed by atoms with Crippen molar-refractivity contribution in [2.24, 2.45) is 11.0 Å². The molecular formula is C15H31N3. The van der Waals surface area contributed by atoms with Gasteiger partial charge in [-0.25, -0.2) is 0 Å². The van der Waals surface area contributed by atoms with E-state index in [1.807, 2.05) is 6.34 Å². The molecule has 0 aliphatic carbocycles. The number of hydrogen-bond acceptors (Lipinski definition) is 3. The van der Waals surface area contributed by atoms with Crippen molar-refractivity contribution in [3.05, 3.63) is 0 Å². The van der Waals surface area contributed by atoms with Gasteiger partial charge in [0.1, 0.15) is 12.5 Å². The van der Waals surface area contributed by atoms with E-state index in [0.29, 0.717) is 12.1 Å². The maximum Gasteiger partial charge on any atom is 0.121 e. The molecule has 0 aromatic rings. The van der Waals surface area contributed by atoms with E-state index in [9.17, 15) is 0 Å². The maximum absolute atomic E-state index is 4.62. The molecule has 3 nitrogen and oxygen atoms in total. The number of hydrogen-bond donors (Lipinski definition) is 0. The quantitative estimate of drug-likeness (QED) is 0.668. The predicted molar refractivity (Wildman–Crippen MR) is 79.6 cm³/mol. The second-order valence-corrected chi connectivity index (χ2v) is 6.69. The molecule has 0 aromatic carbocycles. The second kappa shape index (κ2) is 6.44. The monoisotopic (exact) mass is 253 g/mol. The first-order valence-electron chi connectivity index (χ1n) is 7.47. The van der Waals surface area contributed by atoms with E-state index in [2.05, 4.69) is 56.6 Å². The molecule has 0 bridgehead atoms. The van der Waals surface area contributed by atoms with Gasteiger partial charge in [0.2, 0.25) is 0 Å². The third kappa shape index (κ3) is 3.89. The van der Waals surface area contributed by atoms with Crippen LogP contribution in [0.2, 0.25) is 0 Å². The summed E-state index contributed by atoms with van der Waals surface area (Å²) in [5.74, 6) is 0.595. The first-order valence-corrected chi connectivity index (χ1v) is 7.47. The van der Waals surface area contributed by atoms with E-state index in [4.69, 9.17) is 0 Å². The smallest absolute Gasteiger partial charge is 0.121 e. The summed E-state index contributed by atoms with van der Waals surface area (Å²) in [5, 5.41) is 6.90. The van der Waals surface area contributed by atoms with Crippen molar-refractivity contribution < 1.29 is 0 Å². The lowest BCUT2D eigenvalue weighted by molar-refractivity contribution is 0.0410. The molecule has 1 heterocycles. The van der Waals surface area contributed by atoms with E-state index < -0.39 is 0 Å². The summed E-state index contributed by atoms with van der Waals surface area (Å²) in [6.07, 6.45) is 7.67. The largest absolute Gasteiger partial charge is 0.334 e. The van der Waals surface area contributed by atoms with Crippen molar-refractivity contribution in [3.8, 4) is 0 Å². The Bertz CT molecular complexity index is 265. The summed E-state index contributed by atoms with van der Waals surface area (Å²) in [5.41, 5.74) is 0.149. The minimum Gasteiger partial charge on any atom is -0.334 e. The van der Waals surface area contributed by atoms with E-state index in [-0.39, 0.29) is 5.54 Å². The van der Waals surface area contributed by atoms with Crippen LogP contribution in [0.4, 0.5) is 0 Å². The Hall–Kier alpha value is -0.730. The van der Waals surface area contributed by atoms with Crippen LogP contribution >= 0.6 is 0 Å². The van der Waals surface area contributed by atoms with Gasteiger partial charge in [0.15, 0.2) is 0 Å². The third-order valence-electron chi connectivity index (χ3n) is 3.53. The van der Waals surface area contributed by atoms with Gasteiger partial charge >= 0.3 is 0 Å². The van der Waals surface area contributed by atoms with Gasteiger partial charge in [-0.3, -0.25) is 5.01 Å². The molecule has 1 atom stereocenters. The van der Waals surface area contributed by atoms with Crippen LogP contribution in [0, 0.1) is 5.92 Å². The predicted octanol–water partition coefficient (Wildman–Crippen LogP) is 3.91. The number of rotatable bonds is 6. The van der Waals surface area contributed by atoms with Crippen molar-refractivity contribution in [1.29, 1.82) is 0 Å². The van der Waals surface area contributed by atoms with Crippen LogP contribution in [-0.2, 0) is 0 Å². The number of nitrogens with zero attached hydrogens (tertiary/aromatic N) is 3. The van der Waals surface area contributed by atoms with Gasteiger partial charge in [-0.05, 0) is 33.1 Å². The Morgan fingerprint density at radius 2 is 1.83 bits per heavy atom. The van der Waals surface area contributed by atoms with Gasteiger partial charge < -0.3 is 4.90 Å². The first kappa shape index (κ1) is 15.3. The summed E-state index contributed by atoms with van der Waals surface area (Å²) in [7, 11) is 0. The molecule has 18 heavy (non-hydrogen) atoms. The summed E-state index contributed by atoms with van der Waals surface area (Å²) >= 11 is 0. The zero-order chi connectivity index (χ0) is 13.8. The molecule has 106 valence electrons. The van der Waals surface area contributed by atoms with Gasteiger partial charge in [-0.1, -0.05) is 40.0 Å². The molecule has 0 fully saturated rings. The minimum absolute atomic E-state index is 0.149. The highest BCUT2D eigenvalue weighted by Crippen LogP contribution is 2.27. The molecule has 1 rings (SSSR count). The van der Waals surface area contributed by atoms with Gasteiger partial charge in [0, 0.05) is 12.1 Å². The van der Waals surface area contributed by atoms with E-state index in [0.717, 1.165) is 6.54 Å². The average Bonchev–Trinajstić information content (AvgIpc) is 2.67. The molecule has 1 aliphatic rings. The molecular weight excluding hydrogens is 222 g/mol. The molecule has 0 radical (unpaired) electrons. The van der Waals surface area contributed by atoms with Crippen molar-refractivity contribution in [3.63, 3.8) is 0 Å². The van der Waals surface area contributed by atoms with Crippen molar-refractivity contribution in [2.45, 2.75) is 78.9 Å². The number of unbranched alkanes of at least 4 members (excludes halogenated alkanes) is 3. The summed E-state index contributed by atoms with van der Waals surface area (Å²) < 4.78 is 0. The van der Waals surface area contributed by atoms with Crippen molar-refractivity contribution >= 4 is 6.34 Å². The average molecular weight is 253 g/mol. The van der Waals surface area contributed by atoms with Crippen molar-refractivity contribution in [1.82, 2.24) is 9.91 Å². The lowest BCUT2D eigenvalue weighted by Crippen LogP contribution is -2.51. The SMILES string of the molecule is CCCCCCN1N=CN(C(C)(C)C)C1C(C)C. The highest BCUT2D eigenvalue weighted by Gasteiger charge is 2.36. The van der Waals surface area contributed by atoms with Gasteiger partial charge in [0.05, 0.1) is 0 Å². The van der Waals surface area contributed by atoms with Crippen molar-refractivity contribution in [2.75, 3.05) is 6.54 Å². The van der Waals surface area contributed by atoms with Crippen LogP contribution in [0.5, 0.6) is 0 Å². The fourth-order valence-electron chi connectivity index (χ4n) is 2.53. The fraction of sp³-hybridized carbons (Fsp3) is 0.933. The standard InChI is InChI=1S/C15H31N3/c1-7-8-9-10-11-18-14(13(2)3)17(12-16-18)15(4,5)6/h12-14H,7-11H2,1-6H3. The van der Waals surface area contributed by atoms with E-state index in [1.54, 1.807) is 0 Å². The van der Waals surface area contributed by atoms with Crippen LogP contribution in [0.25, 0.3) is 0 Å². The Labute approximate surface area is 113 Å². The molecule has 0 spiro atoms. The zero-order valence-corrected chi connectivity index (χ0v) is 13.1.